The predicted molar refractivity (Wildman–Crippen MR) is 81.5 cm³/mol. The summed E-state index contributed by atoms with van der Waals surface area (Å²) in [5.74, 6) is 0.819. The molecule has 3 rings (SSSR count). The van der Waals surface area contributed by atoms with Crippen LogP contribution in [-0.4, -0.2) is 12.6 Å². The van der Waals surface area contributed by atoms with Gasteiger partial charge in [-0.25, -0.2) is 0 Å². The first kappa shape index (κ1) is 13.0. The molecular weight excluding hydrogens is 232 g/mol. The predicted octanol–water partition coefficient (Wildman–Crippen LogP) is 3.49. The molecule has 2 aliphatic rings. The largest absolute Gasteiger partial charge is 0.385 e. The molecule has 0 bridgehead atoms. The van der Waals surface area contributed by atoms with Crippen molar-refractivity contribution >= 4 is 5.69 Å². The van der Waals surface area contributed by atoms with E-state index in [4.69, 9.17) is 5.73 Å². The molecule has 1 aromatic carbocycles. The molecule has 2 aliphatic carbocycles. The lowest BCUT2D eigenvalue weighted by Crippen LogP contribution is -2.29. The van der Waals surface area contributed by atoms with E-state index in [9.17, 15) is 0 Å². The molecule has 104 valence electrons. The van der Waals surface area contributed by atoms with Crippen LogP contribution in [0.5, 0.6) is 0 Å². The number of nitrogens with two attached hydrogens (primary N) is 1. The van der Waals surface area contributed by atoms with Crippen molar-refractivity contribution in [1.82, 2.24) is 0 Å². The molecule has 3 N–H and O–H groups in total. The van der Waals surface area contributed by atoms with Crippen LogP contribution >= 0.6 is 0 Å². The van der Waals surface area contributed by atoms with E-state index in [1.54, 1.807) is 11.1 Å². The molecule has 2 heteroatoms. The number of hydrogen-bond donors (Lipinski definition) is 2. The number of benzene rings is 1. The summed E-state index contributed by atoms with van der Waals surface area (Å²) < 4.78 is 0. The van der Waals surface area contributed by atoms with Gasteiger partial charge >= 0.3 is 0 Å². The Balaban J connectivity index is 1.61. The second kappa shape index (κ2) is 5.96. The van der Waals surface area contributed by atoms with Gasteiger partial charge in [-0.1, -0.05) is 12.1 Å². The topological polar surface area (TPSA) is 38.0 Å². The van der Waals surface area contributed by atoms with Crippen LogP contribution in [0.1, 0.15) is 49.7 Å². The first-order valence-electron chi connectivity index (χ1n) is 7.93. The third kappa shape index (κ3) is 3.11. The fourth-order valence-corrected chi connectivity index (χ4v) is 3.59. The maximum Gasteiger partial charge on any atom is 0.0375 e. The quantitative estimate of drug-likeness (QED) is 0.871. The van der Waals surface area contributed by atoms with Gasteiger partial charge in [-0.2, -0.15) is 0 Å². The summed E-state index contributed by atoms with van der Waals surface area (Å²) in [6.07, 6.45) is 10.2. The summed E-state index contributed by atoms with van der Waals surface area (Å²) >= 11 is 0. The van der Waals surface area contributed by atoms with Crippen molar-refractivity contribution in [3.63, 3.8) is 0 Å². The SMILES string of the molecule is N[C@H]1CC[C@H](CNc2cccc3c2CCCC3)CC1. The third-order valence-electron chi connectivity index (χ3n) is 4.87. The van der Waals surface area contributed by atoms with Gasteiger partial charge in [0.2, 0.25) is 0 Å². The molecule has 0 radical (unpaired) electrons. The lowest BCUT2D eigenvalue weighted by Gasteiger charge is -2.27. The summed E-state index contributed by atoms with van der Waals surface area (Å²) in [7, 11) is 0. The summed E-state index contributed by atoms with van der Waals surface area (Å²) in [5.41, 5.74) is 10.5. The van der Waals surface area contributed by atoms with Crippen LogP contribution in [0.3, 0.4) is 0 Å². The van der Waals surface area contributed by atoms with Gasteiger partial charge in [0.25, 0.3) is 0 Å². The molecule has 1 fully saturated rings. The number of aryl methyl sites for hydroxylation is 1. The Morgan fingerprint density at radius 2 is 1.84 bits per heavy atom. The van der Waals surface area contributed by atoms with E-state index in [0.29, 0.717) is 6.04 Å². The minimum Gasteiger partial charge on any atom is -0.385 e. The standard InChI is InChI=1S/C17H26N2/c18-15-10-8-13(9-11-15)12-19-17-7-3-5-14-4-1-2-6-16(14)17/h3,5,7,13,15,19H,1-2,4,6,8-12,18H2/t13-,15-. The average Bonchev–Trinajstić information content (AvgIpc) is 2.47. The second-order valence-corrected chi connectivity index (χ2v) is 6.31. The van der Waals surface area contributed by atoms with Gasteiger partial charge in [-0.05, 0) is 74.5 Å². The van der Waals surface area contributed by atoms with Crippen molar-refractivity contribution in [3.05, 3.63) is 29.3 Å². The zero-order chi connectivity index (χ0) is 13.1. The lowest BCUT2D eigenvalue weighted by atomic mass is 9.86. The molecule has 0 aliphatic heterocycles. The van der Waals surface area contributed by atoms with E-state index in [1.165, 1.54) is 57.1 Å². The highest BCUT2D eigenvalue weighted by Gasteiger charge is 2.19. The zero-order valence-electron chi connectivity index (χ0n) is 11.8. The van der Waals surface area contributed by atoms with Crippen molar-refractivity contribution in [2.24, 2.45) is 11.7 Å². The Bertz CT molecular complexity index is 419. The Hall–Kier alpha value is -1.02. The number of hydrogen-bond acceptors (Lipinski definition) is 2. The number of anilines is 1. The molecule has 2 nitrogen and oxygen atoms in total. The number of rotatable bonds is 3. The molecule has 0 amide bonds. The maximum atomic E-state index is 5.97. The number of nitrogens with one attached hydrogen (secondary N) is 1. The van der Waals surface area contributed by atoms with Crippen LogP contribution < -0.4 is 11.1 Å². The lowest BCUT2D eigenvalue weighted by molar-refractivity contribution is 0.338. The van der Waals surface area contributed by atoms with E-state index in [2.05, 4.69) is 23.5 Å². The fourth-order valence-electron chi connectivity index (χ4n) is 3.59. The van der Waals surface area contributed by atoms with Crippen LogP contribution in [0.15, 0.2) is 18.2 Å². The van der Waals surface area contributed by atoms with Gasteiger partial charge < -0.3 is 11.1 Å². The Morgan fingerprint density at radius 3 is 2.68 bits per heavy atom. The van der Waals surface area contributed by atoms with Crippen LogP contribution in [0.4, 0.5) is 5.69 Å². The molecule has 1 saturated carbocycles. The normalized spacial score (nSPS) is 26.8. The zero-order valence-corrected chi connectivity index (χ0v) is 11.8. The highest BCUT2D eigenvalue weighted by Crippen LogP contribution is 2.29. The van der Waals surface area contributed by atoms with Gasteiger partial charge in [0.05, 0.1) is 0 Å². The minimum absolute atomic E-state index is 0.459. The summed E-state index contributed by atoms with van der Waals surface area (Å²) in [5, 5.41) is 3.72. The Labute approximate surface area is 116 Å². The van der Waals surface area contributed by atoms with Crippen LogP contribution in [0.2, 0.25) is 0 Å². The van der Waals surface area contributed by atoms with E-state index in [0.717, 1.165) is 12.5 Å². The highest BCUT2D eigenvalue weighted by molar-refractivity contribution is 5.55. The average molecular weight is 258 g/mol. The van der Waals surface area contributed by atoms with Gasteiger partial charge in [-0.3, -0.25) is 0 Å². The van der Waals surface area contributed by atoms with Crippen molar-refractivity contribution in [3.8, 4) is 0 Å². The minimum atomic E-state index is 0.459. The van der Waals surface area contributed by atoms with Crippen molar-refractivity contribution in [1.29, 1.82) is 0 Å². The molecule has 0 spiro atoms. The molecule has 0 saturated heterocycles. The van der Waals surface area contributed by atoms with E-state index in [1.807, 2.05) is 0 Å². The second-order valence-electron chi connectivity index (χ2n) is 6.31. The fraction of sp³-hybridized carbons (Fsp3) is 0.647. The highest BCUT2D eigenvalue weighted by atomic mass is 14.9. The smallest absolute Gasteiger partial charge is 0.0375 e. The van der Waals surface area contributed by atoms with Crippen LogP contribution in [0, 0.1) is 5.92 Å². The monoisotopic (exact) mass is 258 g/mol. The molecule has 0 heterocycles. The Morgan fingerprint density at radius 1 is 1.05 bits per heavy atom. The summed E-state index contributed by atoms with van der Waals surface area (Å²) in [6, 6.07) is 7.24. The van der Waals surface area contributed by atoms with Gasteiger partial charge in [0.1, 0.15) is 0 Å². The maximum absolute atomic E-state index is 5.97. The molecule has 19 heavy (non-hydrogen) atoms. The van der Waals surface area contributed by atoms with E-state index >= 15 is 0 Å². The van der Waals surface area contributed by atoms with Crippen molar-refractivity contribution < 1.29 is 0 Å². The molecular formula is C17H26N2. The van der Waals surface area contributed by atoms with Gasteiger partial charge in [0.15, 0.2) is 0 Å². The van der Waals surface area contributed by atoms with E-state index in [-0.39, 0.29) is 0 Å². The van der Waals surface area contributed by atoms with Crippen molar-refractivity contribution in [2.75, 3.05) is 11.9 Å². The number of fused-ring (bicyclic) bond motifs is 1. The molecule has 0 atom stereocenters. The van der Waals surface area contributed by atoms with Gasteiger partial charge in [0, 0.05) is 18.3 Å². The first-order chi connectivity index (χ1) is 9.33. The van der Waals surface area contributed by atoms with Crippen LogP contribution in [-0.2, 0) is 12.8 Å². The Kier molecular flexibility index (Phi) is 4.07. The molecule has 1 aromatic rings. The van der Waals surface area contributed by atoms with Crippen molar-refractivity contribution in [2.45, 2.75) is 57.4 Å². The molecule has 0 unspecified atom stereocenters. The third-order valence-corrected chi connectivity index (χ3v) is 4.87. The summed E-state index contributed by atoms with van der Waals surface area (Å²) in [4.78, 5) is 0. The van der Waals surface area contributed by atoms with Crippen LogP contribution in [0.25, 0.3) is 0 Å². The van der Waals surface area contributed by atoms with Gasteiger partial charge in [-0.15, -0.1) is 0 Å². The summed E-state index contributed by atoms with van der Waals surface area (Å²) in [6.45, 7) is 1.13. The molecule has 0 aromatic heterocycles. The van der Waals surface area contributed by atoms with E-state index < -0.39 is 0 Å². The first-order valence-corrected chi connectivity index (χ1v) is 7.93.